The summed E-state index contributed by atoms with van der Waals surface area (Å²) >= 11 is 3.30. The zero-order valence-electron chi connectivity index (χ0n) is 10.4. The van der Waals surface area contributed by atoms with Crippen LogP contribution in [0.2, 0.25) is 0 Å². The highest BCUT2D eigenvalue weighted by atomic mass is 79.9. The van der Waals surface area contributed by atoms with Crippen LogP contribution in [0.4, 0.5) is 4.39 Å². The van der Waals surface area contributed by atoms with Crippen LogP contribution in [-0.2, 0) is 16.1 Å². The summed E-state index contributed by atoms with van der Waals surface area (Å²) < 4.78 is 20.0. The Labute approximate surface area is 119 Å². The van der Waals surface area contributed by atoms with Gasteiger partial charge in [0.1, 0.15) is 5.82 Å². The second-order valence-corrected chi connectivity index (χ2v) is 5.77. The zero-order chi connectivity index (χ0) is 13.8. The van der Waals surface area contributed by atoms with Gasteiger partial charge in [0.25, 0.3) is 0 Å². The van der Waals surface area contributed by atoms with E-state index in [1.165, 1.54) is 6.07 Å². The van der Waals surface area contributed by atoms with E-state index >= 15 is 0 Å². The van der Waals surface area contributed by atoms with E-state index in [9.17, 15) is 9.18 Å². The summed E-state index contributed by atoms with van der Waals surface area (Å²) in [5.41, 5.74) is 0.523. The van der Waals surface area contributed by atoms with E-state index in [1.807, 2.05) is 0 Å². The number of carbonyl (C=O) groups is 1. The first-order valence-corrected chi connectivity index (χ1v) is 7.14. The van der Waals surface area contributed by atoms with E-state index in [0.29, 0.717) is 18.4 Å². The molecule has 1 aromatic rings. The van der Waals surface area contributed by atoms with Gasteiger partial charge in [-0.3, -0.25) is 4.79 Å². The zero-order valence-corrected chi connectivity index (χ0v) is 12.0. The third kappa shape index (κ3) is 4.01. The maximum atomic E-state index is 13.5. The summed E-state index contributed by atoms with van der Waals surface area (Å²) in [6.07, 6.45) is 2.77. The molecule has 0 saturated heterocycles. The first-order valence-electron chi connectivity index (χ1n) is 6.34. The first kappa shape index (κ1) is 14.5. The fraction of sp³-hybridized carbons (Fsp3) is 0.500. The van der Waals surface area contributed by atoms with Crippen molar-refractivity contribution in [3.8, 4) is 0 Å². The Morgan fingerprint density at radius 2 is 2.05 bits per heavy atom. The van der Waals surface area contributed by atoms with Crippen molar-refractivity contribution >= 4 is 21.9 Å². The summed E-state index contributed by atoms with van der Waals surface area (Å²) in [4.78, 5) is 10.8. The molecule has 0 radical (unpaired) electrons. The summed E-state index contributed by atoms with van der Waals surface area (Å²) in [7, 11) is 0. The minimum absolute atomic E-state index is 0.0361. The largest absolute Gasteiger partial charge is 0.481 e. The number of hydrogen-bond donors (Lipinski definition) is 1. The Hall–Kier alpha value is -0.940. The second kappa shape index (κ2) is 6.48. The molecule has 1 aromatic carbocycles. The van der Waals surface area contributed by atoms with Gasteiger partial charge in [0.15, 0.2) is 0 Å². The second-order valence-electron chi connectivity index (χ2n) is 4.86. The molecule has 0 aliphatic heterocycles. The molecule has 2 rings (SSSR count). The van der Waals surface area contributed by atoms with Crippen LogP contribution in [-0.4, -0.2) is 17.2 Å². The Balaban J connectivity index is 1.83. The van der Waals surface area contributed by atoms with Crippen molar-refractivity contribution in [3.05, 3.63) is 34.1 Å². The molecule has 104 valence electrons. The van der Waals surface area contributed by atoms with Crippen molar-refractivity contribution in [1.82, 2.24) is 0 Å². The smallest absolute Gasteiger partial charge is 0.306 e. The Morgan fingerprint density at radius 1 is 1.37 bits per heavy atom. The minimum atomic E-state index is -0.725. The number of ether oxygens (including phenoxy) is 1. The van der Waals surface area contributed by atoms with E-state index in [4.69, 9.17) is 9.84 Å². The highest BCUT2D eigenvalue weighted by molar-refractivity contribution is 9.10. The van der Waals surface area contributed by atoms with Gasteiger partial charge in [-0.2, -0.15) is 0 Å². The molecule has 3 nitrogen and oxygen atoms in total. The van der Waals surface area contributed by atoms with E-state index in [2.05, 4.69) is 15.9 Å². The number of aliphatic carboxylic acids is 1. The van der Waals surface area contributed by atoms with Crippen molar-refractivity contribution in [2.75, 3.05) is 0 Å². The molecule has 5 heteroatoms. The lowest BCUT2D eigenvalue weighted by Crippen LogP contribution is -2.26. The highest BCUT2D eigenvalue weighted by Gasteiger charge is 2.26. The van der Waals surface area contributed by atoms with E-state index in [1.54, 1.807) is 12.1 Å². The van der Waals surface area contributed by atoms with Crippen molar-refractivity contribution in [1.29, 1.82) is 0 Å². The molecule has 19 heavy (non-hydrogen) atoms. The molecule has 0 heterocycles. The molecule has 0 unspecified atom stereocenters. The van der Waals surface area contributed by atoms with Crippen LogP contribution in [0.15, 0.2) is 22.7 Å². The molecule has 0 atom stereocenters. The number of benzene rings is 1. The van der Waals surface area contributed by atoms with E-state index in [0.717, 1.165) is 17.3 Å². The van der Waals surface area contributed by atoms with Crippen LogP contribution < -0.4 is 0 Å². The van der Waals surface area contributed by atoms with Gasteiger partial charge in [-0.1, -0.05) is 15.9 Å². The molecule has 1 aliphatic rings. The molecular formula is C14H16BrFO3. The Morgan fingerprint density at radius 3 is 2.68 bits per heavy atom. The Kier molecular flexibility index (Phi) is 4.93. The lowest BCUT2D eigenvalue weighted by atomic mass is 9.87. The monoisotopic (exact) mass is 330 g/mol. The molecule has 1 aliphatic carbocycles. The quantitative estimate of drug-likeness (QED) is 0.914. The van der Waals surface area contributed by atoms with Gasteiger partial charge < -0.3 is 9.84 Å². The first-order chi connectivity index (χ1) is 9.06. The maximum absolute atomic E-state index is 13.5. The topological polar surface area (TPSA) is 46.5 Å². The summed E-state index contributed by atoms with van der Waals surface area (Å²) in [5.74, 6) is -1.25. The number of halogens is 2. The van der Waals surface area contributed by atoms with Crippen LogP contribution in [0.3, 0.4) is 0 Å². The van der Waals surface area contributed by atoms with Crippen molar-refractivity contribution in [3.63, 3.8) is 0 Å². The van der Waals surface area contributed by atoms with Crippen LogP contribution in [0.5, 0.6) is 0 Å². The van der Waals surface area contributed by atoms with E-state index in [-0.39, 0.29) is 24.4 Å². The molecular weight excluding hydrogens is 315 g/mol. The average Bonchev–Trinajstić information content (AvgIpc) is 2.40. The maximum Gasteiger partial charge on any atom is 0.306 e. The van der Waals surface area contributed by atoms with Gasteiger partial charge in [-0.05, 0) is 43.9 Å². The number of carboxylic acid groups (broad SMARTS) is 1. The predicted octanol–water partition coefficient (Wildman–Crippen LogP) is 3.75. The lowest BCUT2D eigenvalue weighted by Gasteiger charge is -2.26. The molecule has 0 amide bonds. The lowest BCUT2D eigenvalue weighted by molar-refractivity contribution is -0.143. The third-order valence-electron chi connectivity index (χ3n) is 3.51. The van der Waals surface area contributed by atoms with Gasteiger partial charge in [-0.15, -0.1) is 0 Å². The molecule has 0 aromatic heterocycles. The molecule has 0 spiro atoms. The standard InChI is InChI=1S/C14H16BrFO3/c15-11-3-6-13(16)10(7-11)8-19-12-4-1-9(2-5-12)14(17)18/h3,6-7,9,12H,1-2,4-5,8H2,(H,17,18). The normalized spacial score (nSPS) is 23.3. The van der Waals surface area contributed by atoms with Crippen LogP contribution >= 0.6 is 15.9 Å². The minimum Gasteiger partial charge on any atom is -0.481 e. The third-order valence-corrected chi connectivity index (χ3v) is 4.00. The number of rotatable bonds is 4. The summed E-state index contributed by atoms with van der Waals surface area (Å²) in [6.45, 7) is 0.230. The van der Waals surface area contributed by atoms with Crippen LogP contribution in [0.25, 0.3) is 0 Å². The van der Waals surface area contributed by atoms with Crippen LogP contribution in [0.1, 0.15) is 31.2 Å². The summed E-state index contributed by atoms with van der Waals surface area (Å²) in [6, 6.07) is 4.76. The van der Waals surface area contributed by atoms with Gasteiger partial charge in [0.05, 0.1) is 18.6 Å². The van der Waals surface area contributed by atoms with Crippen LogP contribution in [0, 0.1) is 11.7 Å². The average molecular weight is 331 g/mol. The van der Waals surface area contributed by atoms with Gasteiger partial charge in [0.2, 0.25) is 0 Å². The van der Waals surface area contributed by atoms with Crippen molar-refractivity contribution in [2.24, 2.45) is 5.92 Å². The van der Waals surface area contributed by atoms with Gasteiger partial charge >= 0.3 is 5.97 Å². The fourth-order valence-corrected chi connectivity index (χ4v) is 2.75. The Bertz CT molecular complexity index is 456. The number of hydrogen-bond acceptors (Lipinski definition) is 2. The van der Waals surface area contributed by atoms with Gasteiger partial charge in [0, 0.05) is 10.0 Å². The predicted molar refractivity (Wildman–Crippen MR) is 72.3 cm³/mol. The SMILES string of the molecule is O=C(O)C1CCC(OCc2cc(Br)ccc2F)CC1. The molecule has 1 N–H and O–H groups in total. The van der Waals surface area contributed by atoms with Crippen molar-refractivity contribution < 1.29 is 19.0 Å². The van der Waals surface area contributed by atoms with Gasteiger partial charge in [-0.25, -0.2) is 4.39 Å². The molecule has 1 fully saturated rings. The van der Waals surface area contributed by atoms with E-state index < -0.39 is 5.97 Å². The fourth-order valence-electron chi connectivity index (χ4n) is 2.34. The highest BCUT2D eigenvalue weighted by Crippen LogP contribution is 2.27. The van der Waals surface area contributed by atoms with Crippen molar-refractivity contribution in [2.45, 2.75) is 38.4 Å². The molecule has 1 saturated carbocycles. The molecule has 0 bridgehead atoms. The number of carboxylic acids is 1. The summed E-state index contributed by atoms with van der Waals surface area (Å²) in [5, 5.41) is 8.90.